The van der Waals surface area contributed by atoms with Crippen LogP contribution in [0.4, 0.5) is 13.2 Å². The quantitative estimate of drug-likeness (QED) is 0.870. The van der Waals surface area contributed by atoms with Crippen LogP contribution in [0.2, 0.25) is 5.15 Å². The maximum Gasteiger partial charge on any atom is 0.422 e. The summed E-state index contributed by atoms with van der Waals surface area (Å²) < 4.78 is 64.1. The van der Waals surface area contributed by atoms with E-state index >= 15 is 0 Å². The number of pyridine rings is 1. The van der Waals surface area contributed by atoms with E-state index in [1.54, 1.807) is 0 Å². The minimum absolute atomic E-state index is 0.0223. The monoisotopic (exact) mass is 340 g/mol. The summed E-state index contributed by atoms with van der Waals surface area (Å²) in [6, 6.07) is 4.70. The molecule has 0 saturated carbocycles. The molecule has 114 valence electrons. The first-order chi connectivity index (χ1) is 9.58. The Morgan fingerprint density at radius 3 is 2.48 bits per heavy atom. The van der Waals surface area contributed by atoms with Gasteiger partial charge in [-0.1, -0.05) is 11.6 Å². The number of sulfonamides is 1. The van der Waals surface area contributed by atoms with Crippen LogP contribution in [0, 0.1) is 0 Å². The van der Waals surface area contributed by atoms with Crippen LogP contribution in [0.5, 0.6) is 5.75 Å². The first-order valence-electron chi connectivity index (χ1n) is 5.39. The molecule has 2 N–H and O–H groups in total. The number of nitrogens with zero attached hydrogens (tertiary/aromatic N) is 1. The predicted molar refractivity (Wildman–Crippen MR) is 69.7 cm³/mol. The summed E-state index contributed by atoms with van der Waals surface area (Å²) in [7, 11) is -4.06. The van der Waals surface area contributed by atoms with Crippen molar-refractivity contribution in [3.63, 3.8) is 0 Å². The first kappa shape index (κ1) is 15.8. The first-order valence-corrected chi connectivity index (χ1v) is 7.32. The molecule has 0 saturated heterocycles. The van der Waals surface area contributed by atoms with Crippen molar-refractivity contribution < 1.29 is 26.3 Å². The smallest absolute Gasteiger partial charge is 0.422 e. The molecule has 2 aromatic rings. The van der Waals surface area contributed by atoms with Crippen LogP contribution < -0.4 is 9.88 Å². The zero-order valence-electron chi connectivity index (χ0n) is 10.2. The summed E-state index contributed by atoms with van der Waals surface area (Å²) >= 11 is 5.68. The lowest BCUT2D eigenvalue weighted by Gasteiger charge is -2.12. The van der Waals surface area contributed by atoms with Crippen molar-refractivity contribution in [3.05, 3.63) is 29.4 Å². The third-order valence-electron chi connectivity index (χ3n) is 2.44. The fourth-order valence-electron chi connectivity index (χ4n) is 1.67. The average Bonchev–Trinajstić information content (AvgIpc) is 2.33. The van der Waals surface area contributed by atoms with E-state index in [1.807, 2.05) is 0 Å². The van der Waals surface area contributed by atoms with Crippen molar-refractivity contribution in [3.8, 4) is 5.75 Å². The van der Waals surface area contributed by atoms with Crippen LogP contribution in [0.15, 0.2) is 29.2 Å². The average molecular weight is 341 g/mol. The van der Waals surface area contributed by atoms with Gasteiger partial charge in [0.2, 0.25) is 10.0 Å². The van der Waals surface area contributed by atoms with Crippen molar-refractivity contribution in [2.45, 2.75) is 11.1 Å². The molecule has 5 nitrogen and oxygen atoms in total. The third-order valence-corrected chi connectivity index (χ3v) is 3.62. The molecule has 2 rings (SSSR count). The molecule has 21 heavy (non-hydrogen) atoms. The molecule has 10 heteroatoms. The number of primary sulfonamides is 1. The minimum Gasteiger partial charge on any atom is -0.482 e. The predicted octanol–water partition coefficient (Wildman–Crippen LogP) is 2.48. The van der Waals surface area contributed by atoms with E-state index in [9.17, 15) is 21.6 Å². The van der Waals surface area contributed by atoms with Gasteiger partial charge in [0.15, 0.2) is 6.61 Å². The number of hydrogen-bond acceptors (Lipinski definition) is 4. The Bertz CT molecular complexity index is 793. The number of hydrogen-bond donors (Lipinski definition) is 1. The lowest BCUT2D eigenvalue weighted by molar-refractivity contribution is -0.153. The molecule has 1 aromatic carbocycles. The molecule has 0 aliphatic rings. The number of halogens is 4. The Kier molecular flexibility index (Phi) is 4.00. The number of aromatic nitrogens is 1. The highest BCUT2D eigenvalue weighted by Crippen LogP contribution is 2.31. The molecule has 0 atom stereocenters. The Morgan fingerprint density at radius 2 is 1.90 bits per heavy atom. The molecule has 1 aromatic heterocycles. The molecule has 0 unspecified atom stereocenters. The van der Waals surface area contributed by atoms with Gasteiger partial charge in [0.05, 0.1) is 4.90 Å². The van der Waals surface area contributed by atoms with E-state index in [-0.39, 0.29) is 26.7 Å². The Hall–Kier alpha value is -1.58. The fourth-order valence-corrected chi connectivity index (χ4v) is 2.54. The molecule has 0 amide bonds. The van der Waals surface area contributed by atoms with E-state index < -0.39 is 22.8 Å². The topological polar surface area (TPSA) is 82.3 Å². The second-order valence-corrected chi connectivity index (χ2v) is 5.96. The SMILES string of the molecule is NS(=O)(=O)c1ccc(OCC(F)(F)F)c2nc(Cl)ccc12. The highest BCUT2D eigenvalue weighted by Gasteiger charge is 2.29. The van der Waals surface area contributed by atoms with Crippen LogP contribution >= 0.6 is 11.6 Å². The van der Waals surface area contributed by atoms with Crippen LogP contribution in [0.1, 0.15) is 0 Å². The lowest BCUT2D eigenvalue weighted by Crippen LogP contribution is -2.19. The van der Waals surface area contributed by atoms with E-state index in [1.165, 1.54) is 12.1 Å². The van der Waals surface area contributed by atoms with Crippen molar-refractivity contribution in [1.82, 2.24) is 4.98 Å². The summed E-state index contributed by atoms with van der Waals surface area (Å²) in [5.41, 5.74) is -0.113. The molecule has 0 bridgehead atoms. The number of alkyl halides is 3. The highest BCUT2D eigenvalue weighted by molar-refractivity contribution is 7.89. The normalized spacial score (nSPS) is 12.6. The van der Waals surface area contributed by atoms with Crippen LogP contribution in [0.3, 0.4) is 0 Å². The van der Waals surface area contributed by atoms with Gasteiger partial charge in [0.1, 0.15) is 16.4 Å². The van der Waals surface area contributed by atoms with E-state index in [0.29, 0.717) is 0 Å². The van der Waals surface area contributed by atoms with Gasteiger partial charge in [-0.3, -0.25) is 0 Å². The second kappa shape index (κ2) is 5.32. The second-order valence-electron chi connectivity index (χ2n) is 4.04. The van der Waals surface area contributed by atoms with Crippen molar-refractivity contribution in [2.24, 2.45) is 5.14 Å². The molecular weight excluding hydrogens is 333 g/mol. The van der Waals surface area contributed by atoms with Gasteiger partial charge in [-0.05, 0) is 24.3 Å². The number of ether oxygens (including phenoxy) is 1. The fraction of sp³-hybridized carbons (Fsp3) is 0.182. The van der Waals surface area contributed by atoms with Crippen molar-refractivity contribution in [2.75, 3.05) is 6.61 Å². The van der Waals surface area contributed by atoms with Gasteiger partial charge in [-0.25, -0.2) is 18.5 Å². The highest BCUT2D eigenvalue weighted by atomic mass is 35.5. The Labute approximate surface area is 122 Å². The Morgan fingerprint density at radius 1 is 1.24 bits per heavy atom. The number of rotatable bonds is 3. The van der Waals surface area contributed by atoms with Crippen molar-refractivity contribution >= 4 is 32.5 Å². The summed E-state index contributed by atoms with van der Waals surface area (Å²) in [5.74, 6) is -0.239. The Balaban J connectivity index is 2.61. The summed E-state index contributed by atoms with van der Waals surface area (Å²) in [4.78, 5) is 3.53. The summed E-state index contributed by atoms with van der Waals surface area (Å²) in [5, 5.41) is 5.05. The van der Waals surface area contributed by atoms with E-state index in [0.717, 1.165) is 12.1 Å². The molecule has 0 radical (unpaired) electrons. The summed E-state index contributed by atoms with van der Waals surface area (Å²) in [6.07, 6.45) is -4.54. The molecule has 0 fully saturated rings. The van der Waals surface area contributed by atoms with Gasteiger partial charge >= 0.3 is 6.18 Å². The minimum atomic E-state index is -4.54. The maximum absolute atomic E-state index is 12.2. The van der Waals surface area contributed by atoms with Crippen LogP contribution in [-0.4, -0.2) is 26.2 Å². The molecule has 0 aliphatic carbocycles. The van der Waals surface area contributed by atoms with Gasteiger partial charge in [-0.2, -0.15) is 13.2 Å². The number of fused-ring (bicyclic) bond motifs is 1. The maximum atomic E-state index is 12.2. The third kappa shape index (κ3) is 3.74. The van der Waals surface area contributed by atoms with Gasteiger partial charge in [0, 0.05) is 5.39 Å². The van der Waals surface area contributed by atoms with E-state index in [2.05, 4.69) is 9.72 Å². The molecular formula is C11H8ClF3N2O3S. The number of benzene rings is 1. The summed E-state index contributed by atoms with van der Waals surface area (Å²) in [6.45, 7) is -1.54. The lowest BCUT2D eigenvalue weighted by atomic mass is 10.2. The standard InChI is InChI=1S/C11H8ClF3N2O3S/c12-9-4-1-6-8(21(16,18)19)3-2-7(10(6)17-9)20-5-11(13,14)15/h1-4H,5H2,(H2,16,18,19). The van der Waals surface area contributed by atoms with Crippen molar-refractivity contribution in [1.29, 1.82) is 0 Å². The van der Waals surface area contributed by atoms with Crippen LogP contribution in [0.25, 0.3) is 10.9 Å². The van der Waals surface area contributed by atoms with Gasteiger partial charge in [0.25, 0.3) is 0 Å². The molecule has 1 heterocycles. The zero-order chi connectivity index (χ0) is 15.8. The zero-order valence-corrected chi connectivity index (χ0v) is 11.8. The van der Waals surface area contributed by atoms with E-state index in [4.69, 9.17) is 16.7 Å². The molecule has 0 aliphatic heterocycles. The number of nitrogens with two attached hydrogens (primary N) is 1. The largest absolute Gasteiger partial charge is 0.482 e. The molecule has 0 spiro atoms. The van der Waals surface area contributed by atoms with Gasteiger partial charge < -0.3 is 4.74 Å². The van der Waals surface area contributed by atoms with Crippen LogP contribution in [-0.2, 0) is 10.0 Å². The van der Waals surface area contributed by atoms with Gasteiger partial charge in [-0.15, -0.1) is 0 Å².